The molecule has 1 aliphatic heterocycles. The zero-order chi connectivity index (χ0) is 22.6. The molecule has 180 valence electrons. The van der Waals surface area contributed by atoms with Crippen LogP contribution in [0, 0.1) is 0 Å². The first kappa shape index (κ1) is 28.1. The normalized spacial score (nSPS) is 19.2. The lowest BCUT2D eigenvalue weighted by Gasteiger charge is -2.46. The van der Waals surface area contributed by atoms with Crippen LogP contribution in [0.1, 0.15) is 55.4 Å². The van der Waals surface area contributed by atoms with Gasteiger partial charge in [-0.1, -0.05) is 0 Å². The molecule has 0 aromatic rings. The summed E-state index contributed by atoms with van der Waals surface area (Å²) in [6, 6.07) is 0. The highest BCUT2D eigenvalue weighted by molar-refractivity contribution is 6.62. The van der Waals surface area contributed by atoms with Crippen molar-refractivity contribution in [1.82, 2.24) is 9.80 Å². The third-order valence-corrected chi connectivity index (χ3v) is 12.5. The fourth-order valence-corrected chi connectivity index (χ4v) is 9.91. The molecule has 1 heterocycles. The molecule has 0 aliphatic carbocycles. The van der Waals surface area contributed by atoms with Gasteiger partial charge in [0.25, 0.3) is 0 Å². The van der Waals surface area contributed by atoms with Crippen molar-refractivity contribution in [3.05, 3.63) is 0 Å². The van der Waals surface area contributed by atoms with Gasteiger partial charge in [-0.05, 0) is 55.4 Å². The van der Waals surface area contributed by atoms with E-state index < -0.39 is 17.6 Å². The van der Waals surface area contributed by atoms with E-state index in [-0.39, 0.29) is 11.3 Å². The van der Waals surface area contributed by atoms with Crippen LogP contribution in [0.3, 0.4) is 0 Å². The van der Waals surface area contributed by atoms with Crippen LogP contribution >= 0.6 is 0 Å². The summed E-state index contributed by atoms with van der Waals surface area (Å²) in [4.78, 5) is 4.89. The number of nitrogens with zero attached hydrogens (tertiary/aromatic N) is 2. The maximum absolute atomic E-state index is 6.14. The van der Waals surface area contributed by atoms with E-state index in [0.29, 0.717) is 39.6 Å². The minimum absolute atomic E-state index is 0.113. The predicted octanol–water partition coefficient (Wildman–Crippen LogP) is 2.56. The summed E-state index contributed by atoms with van der Waals surface area (Å²) in [5.41, 5.74) is 0.227. The van der Waals surface area contributed by atoms with E-state index in [4.69, 9.17) is 26.6 Å². The van der Waals surface area contributed by atoms with Gasteiger partial charge in [0.05, 0.1) is 11.3 Å². The highest BCUT2D eigenvalue weighted by Gasteiger charge is 2.52. The Morgan fingerprint density at radius 3 is 0.867 bits per heavy atom. The second kappa shape index (κ2) is 14.3. The van der Waals surface area contributed by atoms with Crippen molar-refractivity contribution >= 4 is 17.6 Å². The van der Waals surface area contributed by atoms with Crippen LogP contribution in [0.5, 0.6) is 0 Å². The maximum atomic E-state index is 6.14. The van der Waals surface area contributed by atoms with E-state index in [9.17, 15) is 0 Å². The van der Waals surface area contributed by atoms with Gasteiger partial charge in [0.15, 0.2) is 0 Å². The third-order valence-electron chi connectivity index (χ3n) is 5.54. The molecule has 30 heavy (non-hydrogen) atoms. The molecule has 0 aromatic heterocycles. The molecule has 10 heteroatoms. The first-order chi connectivity index (χ1) is 14.4. The summed E-state index contributed by atoms with van der Waals surface area (Å²) >= 11 is 0. The van der Waals surface area contributed by atoms with Gasteiger partial charge < -0.3 is 26.6 Å². The van der Waals surface area contributed by atoms with Gasteiger partial charge in [-0.2, -0.15) is 0 Å². The molecule has 0 spiro atoms. The molecule has 0 amide bonds. The molecule has 0 saturated carbocycles. The summed E-state index contributed by atoms with van der Waals surface area (Å²) in [6.45, 7) is 23.7. The van der Waals surface area contributed by atoms with Crippen LogP contribution in [0.4, 0.5) is 0 Å². The Bertz CT molecular complexity index is 381. The second-order valence-electron chi connectivity index (χ2n) is 7.23. The fourth-order valence-electron chi connectivity index (χ4n) is 4.14. The van der Waals surface area contributed by atoms with Gasteiger partial charge in [-0.3, -0.25) is 9.80 Å². The van der Waals surface area contributed by atoms with E-state index in [0.717, 1.165) is 26.2 Å². The number of hydrogen-bond donors (Lipinski definition) is 0. The summed E-state index contributed by atoms with van der Waals surface area (Å²) in [6.07, 6.45) is 0. The van der Waals surface area contributed by atoms with Crippen molar-refractivity contribution in [2.24, 2.45) is 0 Å². The van der Waals surface area contributed by atoms with Gasteiger partial charge in [0, 0.05) is 65.8 Å². The summed E-state index contributed by atoms with van der Waals surface area (Å²) in [5, 5.41) is 0. The third kappa shape index (κ3) is 7.06. The lowest BCUT2D eigenvalue weighted by Crippen LogP contribution is -2.68. The first-order valence-corrected chi connectivity index (χ1v) is 15.3. The first-order valence-electron chi connectivity index (χ1n) is 11.7. The highest BCUT2D eigenvalue weighted by atomic mass is 28.4. The summed E-state index contributed by atoms with van der Waals surface area (Å²) in [7, 11) is -5.54. The van der Waals surface area contributed by atoms with Crippen molar-refractivity contribution in [2.75, 3.05) is 65.8 Å². The minimum Gasteiger partial charge on any atom is -0.373 e. The van der Waals surface area contributed by atoms with Crippen LogP contribution in [-0.2, 0) is 26.6 Å². The van der Waals surface area contributed by atoms with Crippen molar-refractivity contribution in [1.29, 1.82) is 0 Å². The lowest BCUT2D eigenvalue weighted by molar-refractivity contribution is 0.00734. The Morgan fingerprint density at radius 2 is 0.700 bits per heavy atom. The van der Waals surface area contributed by atoms with Crippen LogP contribution in [-0.4, -0.2) is 105 Å². The van der Waals surface area contributed by atoms with E-state index in [1.54, 1.807) is 0 Å². The second-order valence-corrected chi connectivity index (χ2v) is 13.0. The van der Waals surface area contributed by atoms with Crippen LogP contribution in [0.2, 0.25) is 0 Å². The largest absolute Gasteiger partial charge is 0.518 e. The molecule has 2 unspecified atom stereocenters. The van der Waals surface area contributed by atoms with Gasteiger partial charge in [-0.25, -0.2) is 0 Å². The Balaban J connectivity index is 2.88. The standard InChI is InChI=1S/C20H46N2O6Si2/c1-9-23-29(24-10-2,25-11-3)19(7)21-15-17-22(18-16-21)20(8)30(26-12-4,27-13-5)28-14-6/h19-20H,9-18H2,1-8H3. The molecular formula is C20H46N2O6Si2. The predicted molar refractivity (Wildman–Crippen MR) is 123 cm³/mol. The van der Waals surface area contributed by atoms with E-state index >= 15 is 0 Å². The van der Waals surface area contributed by atoms with Crippen molar-refractivity contribution in [3.63, 3.8) is 0 Å². The number of rotatable bonds is 16. The zero-order valence-electron chi connectivity index (χ0n) is 20.6. The lowest BCUT2D eigenvalue weighted by atomic mass is 10.3. The summed E-state index contributed by atoms with van der Waals surface area (Å²) < 4.78 is 36.8. The quantitative estimate of drug-likeness (QED) is 0.322. The van der Waals surface area contributed by atoms with Gasteiger partial charge in [0.1, 0.15) is 0 Å². The number of piperazine rings is 1. The number of hydrogen-bond acceptors (Lipinski definition) is 8. The molecular weight excluding hydrogens is 420 g/mol. The van der Waals surface area contributed by atoms with Gasteiger partial charge in [0.2, 0.25) is 0 Å². The van der Waals surface area contributed by atoms with Gasteiger partial charge in [-0.15, -0.1) is 0 Å². The van der Waals surface area contributed by atoms with Crippen LogP contribution in [0.25, 0.3) is 0 Å². The molecule has 1 saturated heterocycles. The van der Waals surface area contributed by atoms with Crippen LogP contribution in [0.15, 0.2) is 0 Å². The molecule has 0 radical (unpaired) electrons. The summed E-state index contributed by atoms with van der Waals surface area (Å²) in [5.74, 6) is 0. The fraction of sp³-hybridized carbons (Fsp3) is 1.00. The Morgan fingerprint density at radius 1 is 0.500 bits per heavy atom. The molecule has 1 fully saturated rings. The van der Waals surface area contributed by atoms with Crippen molar-refractivity contribution in [2.45, 2.75) is 66.7 Å². The maximum Gasteiger partial charge on any atom is 0.518 e. The Kier molecular flexibility index (Phi) is 13.4. The Hall–Kier alpha value is 0.114. The molecule has 0 bridgehead atoms. The molecule has 0 aromatic carbocycles. The smallest absolute Gasteiger partial charge is 0.373 e. The van der Waals surface area contributed by atoms with E-state index in [2.05, 4.69) is 23.6 Å². The van der Waals surface area contributed by atoms with Crippen molar-refractivity contribution in [3.8, 4) is 0 Å². The average molecular weight is 467 g/mol. The van der Waals surface area contributed by atoms with E-state index in [1.165, 1.54) is 0 Å². The van der Waals surface area contributed by atoms with E-state index in [1.807, 2.05) is 41.5 Å². The molecule has 2 atom stereocenters. The topological polar surface area (TPSA) is 61.9 Å². The van der Waals surface area contributed by atoms with Crippen molar-refractivity contribution < 1.29 is 26.6 Å². The molecule has 0 N–H and O–H groups in total. The van der Waals surface area contributed by atoms with Crippen LogP contribution < -0.4 is 0 Å². The monoisotopic (exact) mass is 466 g/mol. The molecule has 8 nitrogen and oxygen atoms in total. The van der Waals surface area contributed by atoms with Gasteiger partial charge >= 0.3 is 17.6 Å². The highest BCUT2D eigenvalue weighted by Crippen LogP contribution is 2.25. The average Bonchev–Trinajstić information content (AvgIpc) is 2.74. The Labute approximate surface area is 186 Å². The zero-order valence-corrected chi connectivity index (χ0v) is 22.6. The molecule has 1 aliphatic rings. The SMILES string of the molecule is CCO[Si](OCC)(OCC)C(C)N1CCN(C(C)[Si](OCC)(OCC)OCC)CC1. The molecule has 1 rings (SSSR count). The minimum atomic E-state index is -2.77.